The summed E-state index contributed by atoms with van der Waals surface area (Å²) in [5.41, 5.74) is 0.666. The molecule has 0 spiro atoms. The van der Waals surface area contributed by atoms with Crippen LogP contribution in [0.1, 0.15) is 18.7 Å². The lowest BCUT2D eigenvalue weighted by molar-refractivity contribution is 0.0207. The summed E-state index contributed by atoms with van der Waals surface area (Å²) in [5.74, 6) is 1.81. The van der Waals surface area contributed by atoms with Crippen molar-refractivity contribution in [3.63, 3.8) is 0 Å². The van der Waals surface area contributed by atoms with Gasteiger partial charge < -0.3 is 14.2 Å². The first-order valence-electron chi connectivity index (χ1n) is 9.40. The molecule has 0 unspecified atom stereocenters. The molecule has 0 amide bonds. The van der Waals surface area contributed by atoms with Gasteiger partial charge in [-0.2, -0.15) is 4.98 Å². The van der Waals surface area contributed by atoms with E-state index in [9.17, 15) is 8.42 Å². The third-order valence-electron chi connectivity index (χ3n) is 4.86. The molecule has 0 bridgehead atoms. The lowest BCUT2D eigenvalue weighted by atomic mass is 10.1. The van der Waals surface area contributed by atoms with Crippen molar-refractivity contribution in [2.45, 2.75) is 30.4 Å². The number of ether oxygens (including phenoxy) is 1. The van der Waals surface area contributed by atoms with Gasteiger partial charge in [-0.25, -0.2) is 13.4 Å². The van der Waals surface area contributed by atoms with Gasteiger partial charge >= 0.3 is 0 Å². The van der Waals surface area contributed by atoms with Gasteiger partial charge in [-0.15, -0.1) is 0 Å². The van der Waals surface area contributed by atoms with E-state index in [2.05, 4.69) is 20.0 Å². The highest BCUT2D eigenvalue weighted by Gasteiger charge is 2.21. The van der Waals surface area contributed by atoms with Crippen LogP contribution in [-0.2, 0) is 21.2 Å². The molecule has 3 heterocycles. The maximum absolute atomic E-state index is 11.5. The van der Waals surface area contributed by atoms with Gasteiger partial charge in [0.05, 0.1) is 11.0 Å². The molecule has 0 atom stereocenters. The zero-order valence-electron chi connectivity index (χ0n) is 16.1. The number of rotatable bonds is 6. The number of hydrogen-bond acceptors (Lipinski definition) is 8. The lowest BCUT2D eigenvalue weighted by Crippen LogP contribution is -2.37. The van der Waals surface area contributed by atoms with Gasteiger partial charge in [-0.1, -0.05) is 11.2 Å². The van der Waals surface area contributed by atoms with Crippen molar-refractivity contribution in [1.82, 2.24) is 15.1 Å². The quantitative estimate of drug-likeness (QED) is 0.607. The van der Waals surface area contributed by atoms with E-state index < -0.39 is 9.84 Å². The van der Waals surface area contributed by atoms with Gasteiger partial charge in [0.1, 0.15) is 12.4 Å². The van der Waals surface area contributed by atoms with Gasteiger partial charge in [-0.05, 0) is 49.2 Å². The zero-order valence-corrected chi connectivity index (χ0v) is 16.9. The molecule has 1 saturated heterocycles. The Kier molecular flexibility index (Phi) is 5.59. The van der Waals surface area contributed by atoms with E-state index in [1.54, 1.807) is 18.3 Å². The molecule has 3 aromatic rings. The Balaban J connectivity index is 1.30. The summed E-state index contributed by atoms with van der Waals surface area (Å²) in [6.07, 6.45) is 4.94. The Morgan fingerprint density at radius 2 is 1.90 bits per heavy atom. The van der Waals surface area contributed by atoms with Gasteiger partial charge in [0.2, 0.25) is 0 Å². The smallest absolute Gasteiger partial charge is 0.258 e. The summed E-state index contributed by atoms with van der Waals surface area (Å²) in [5, 5.41) is 3.96. The van der Waals surface area contributed by atoms with Gasteiger partial charge in [0.25, 0.3) is 5.89 Å². The molecule has 2 aromatic heterocycles. The van der Waals surface area contributed by atoms with Crippen LogP contribution >= 0.6 is 0 Å². The number of anilines is 1. The summed E-state index contributed by atoms with van der Waals surface area (Å²) < 4.78 is 34.3. The van der Waals surface area contributed by atoms with E-state index in [-0.39, 0.29) is 17.6 Å². The summed E-state index contributed by atoms with van der Waals surface area (Å²) in [4.78, 5) is 11.2. The molecule has 1 aliphatic heterocycles. The second-order valence-corrected chi connectivity index (χ2v) is 9.01. The van der Waals surface area contributed by atoms with Crippen molar-refractivity contribution in [1.29, 1.82) is 0 Å². The molecule has 9 heteroatoms. The highest BCUT2D eigenvalue weighted by molar-refractivity contribution is 7.90. The summed E-state index contributed by atoms with van der Waals surface area (Å²) in [6.45, 7) is 2.07. The van der Waals surface area contributed by atoms with E-state index in [0.29, 0.717) is 17.3 Å². The van der Waals surface area contributed by atoms with Crippen LogP contribution < -0.4 is 4.90 Å². The number of benzene rings is 1. The van der Waals surface area contributed by atoms with Crippen LogP contribution in [0.15, 0.2) is 58.1 Å². The highest BCUT2D eigenvalue weighted by atomic mass is 32.2. The maximum atomic E-state index is 11.5. The first-order valence-corrected chi connectivity index (χ1v) is 11.3. The molecular weight excluding hydrogens is 392 g/mol. The van der Waals surface area contributed by atoms with Crippen LogP contribution in [0.2, 0.25) is 0 Å². The van der Waals surface area contributed by atoms with Crippen molar-refractivity contribution in [3.05, 3.63) is 54.5 Å². The Morgan fingerprint density at radius 1 is 1.14 bits per heavy atom. The average molecular weight is 414 g/mol. The molecule has 1 aliphatic rings. The van der Waals surface area contributed by atoms with Gasteiger partial charge in [0, 0.05) is 31.1 Å². The lowest BCUT2D eigenvalue weighted by Gasteiger charge is -2.32. The maximum Gasteiger partial charge on any atom is 0.258 e. The molecule has 0 aliphatic carbocycles. The first-order chi connectivity index (χ1) is 14.0. The van der Waals surface area contributed by atoms with Crippen LogP contribution in [0.25, 0.3) is 11.5 Å². The molecule has 0 N–H and O–H groups in total. The number of hydrogen-bond donors (Lipinski definition) is 0. The first kappa shape index (κ1) is 19.5. The van der Waals surface area contributed by atoms with E-state index in [1.165, 1.54) is 18.4 Å². The van der Waals surface area contributed by atoms with Crippen molar-refractivity contribution < 1.29 is 17.7 Å². The zero-order chi connectivity index (χ0) is 20.3. The fourth-order valence-electron chi connectivity index (χ4n) is 3.26. The minimum Gasteiger partial charge on any atom is -0.370 e. The minimum absolute atomic E-state index is 0.144. The molecule has 4 rings (SSSR count). The summed E-state index contributed by atoms with van der Waals surface area (Å²) in [6, 6.07) is 12.3. The number of piperidine rings is 1. The monoisotopic (exact) mass is 414 g/mol. The molecule has 1 fully saturated rings. The van der Waals surface area contributed by atoms with Gasteiger partial charge in [-0.3, -0.25) is 0 Å². The largest absolute Gasteiger partial charge is 0.370 e. The van der Waals surface area contributed by atoms with Crippen molar-refractivity contribution in [2.24, 2.45) is 0 Å². The van der Waals surface area contributed by atoms with E-state index in [1.807, 2.05) is 18.2 Å². The number of aromatic nitrogens is 3. The Labute approximate surface area is 169 Å². The number of sulfone groups is 1. The predicted octanol–water partition coefficient (Wildman–Crippen LogP) is 2.72. The third-order valence-corrected chi connectivity index (χ3v) is 5.99. The fourth-order valence-corrected chi connectivity index (χ4v) is 3.89. The van der Waals surface area contributed by atoms with Crippen molar-refractivity contribution in [3.8, 4) is 11.5 Å². The number of nitrogens with zero attached hydrogens (tertiary/aromatic N) is 4. The Bertz CT molecular complexity index is 1040. The SMILES string of the molecule is CS(=O)(=O)c1ccc(-c2nc(COC3CCN(c4ccccn4)CC3)no2)cc1. The fraction of sp³-hybridized carbons (Fsp3) is 0.350. The minimum atomic E-state index is -3.23. The molecule has 8 nitrogen and oxygen atoms in total. The molecule has 1 aromatic carbocycles. The molecule has 29 heavy (non-hydrogen) atoms. The molecule has 0 radical (unpaired) electrons. The standard InChI is InChI=1S/C20H22N4O4S/c1-29(25,26)17-7-5-15(6-8-17)20-22-18(23-28-20)14-27-16-9-12-24(13-10-16)19-4-2-3-11-21-19/h2-8,11,16H,9-10,12-14H2,1H3. The van der Waals surface area contributed by atoms with Crippen LogP contribution in [0.4, 0.5) is 5.82 Å². The molecule has 152 valence electrons. The number of pyridine rings is 1. The average Bonchev–Trinajstić information content (AvgIpc) is 3.22. The van der Waals surface area contributed by atoms with E-state index in [4.69, 9.17) is 9.26 Å². The predicted molar refractivity (Wildman–Crippen MR) is 107 cm³/mol. The van der Waals surface area contributed by atoms with Crippen molar-refractivity contribution in [2.75, 3.05) is 24.2 Å². The van der Waals surface area contributed by atoms with E-state index in [0.717, 1.165) is 31.7 Å². The van der Waals surface area contributed by atoms with Crippen LogP contribution in [0.5, 0.6) is 0 Å². The van der Waals surface area contributed by atoms with Crippen LogP contribution in [0, 0.1) is 0 Å². The van der Waals surface area contributed by atoms with Crippen molar-refractivity contribution >= 4 is 15.7 Å². The molecular formula is C20H22N4O4S. The summed E-state index contributed by atoms with van der Waals surface area (Å²) >= 11 is 0. The normalized spacial score (nSPS) is 15.6. The topological polar surface area (TPSA) is 98.4 Å². The molecule has 0 saturated carbocycles. The summed E-state index contributed by atoms with van der Waals surface area (Å²) in [7, 11) is -3.23. The second-order valence-electron chi connectivity index (χ2n) is 7.00. The third kappa shape index (κ3) is 4.80. The van der Waals surface area contributed by atoms with Crippen LogP contribution in [0.3, 0.4) is 0 Å². The Hall–Kier alpha value is -2.78. The highest BCUT2D eigenvalue weighted by Crippen LogP contribution is 2.22. The van der Waals surface area contributed by atoms with Crippen LogP contribution in [-0.4, -0.2) is 49.0 Å². The second kappa shape index (κ2) is 8.30. The van der Waals surface area contributed by atoms with Gasteiger partial charge in [0.15, 0.2) is 15.7 Å². The van der Waals surface area contributed by atoms with E-state index >= 15 is 0 Å². The Morgan fingerprint density at radius 3 is 2.55 bits per heavy atom.